The molecule has 0 aliphatic heterocycles. The van der Waals surface area contributed by atoms with Crippen LogP contribution in [0.5, 0.6) is 0 Å². The summed E-state index contributed by atoms with van der Waals surface area (Å²) in [4.78, 5) is 22.9. The van der Waals surface area contributed by atoms with Gasteiger partial charge in [0.2, 0.25) is 0 Å². The molecule has 0 aliphatic carbocycles. The highest BCUT2D eigenvalue weighted by atomic mass is 16.6. The van der Waals surface area contributed by atoms with E-state index in [2.05, 4.69) is 5.32 Å². The minimum Gasteiger partial charge on any atom is -0.388 e. The molecule has 0 bridgehead atoms. The minimum absolute atomic E-state index is 0.0459. The lowest BCUT2D eigenvalue weighted by atomic mass is 10.2. The summed E-state index contributed by atoms with van der Waals surface area (Å²) in [6.07, 6.45) is 5.68. The van der Waals surface area contributed by atoms with Crippen LogP contribution >= 0.6 is 0 Å². The number of ether oxygens (including phenoxy) is 1. The Hall–Kier alpha value is -2.36. The summed E-state index contributed by atoms with van der Waals surface area (Å²) in [7, 11) is 0. The third kappa shape index (κ3) is 5.52. The Kier molecular flexibility index (Phi) is 6.82. The lowest BCUT2D eigenvalue weighted by molar-refractivity contribution is -0.156. The van der Waals surface area contributed by atoms with Crippen LogP contribution in [0.3, 0.4) is 0 Å². The first kappa shape index (κ1) is 15.7. The van der Waals surface area contributed by atoms with Crippen LogP contribution in [0.2, 0.25) is 0 Å². The Morgan fingerprint density at radius 1 is 1.25 bits per heavy atom. The van der Waals surface area contributed by atoms with Crippen molar-refractivity contribution in [2.75, 3.05) is 6.54 Å². The molecule has 0 spiro atoms. The van der Waals surface area contributed by atoms with Gasteiger partial charge in [-0.2, -0.15) is 0 Å². The molecule has 106 valence electrons. The topological polar surface area (TPSA) is 55.4 Å². The van der Waals surface area contributed by atoms with Crippen LogP contribution in [-0.4, -0.2) is 18.5 Å². The average molecular weight is 273 g/mol. The standard InChI is InChI=1S/C16H19NO3/c1-3-14(4-2)16(19)20-15(18)12-17-11-10-13-8-6-5-7-9-13/h3,5-11,17H,4,12H2,1-2H3. The van der Waals surface area contributed by atoms with Gasteiger partial charge in [0.15, 0.2) is 0 Å². The minimum atomic E-state index is -0.597. The SMILES string of the molecule is CC=C(CC)C(=O)OC(=O)CNC=Cc1ccccc1. The van der Waals surface area contributed by atoms with E-state index in [0.29, 0.717) is 12.0 Å². The zero-order valence-electron chi connectivity index (χ0n) is 11.8. The van der Waals surface area contributed by atoms with Gasteiger partial charge in [0.05, 0.1) is 0 Å². The summed E-state index contributed by atoms with van der Waals surface area (Å²) in [5.74, 6) is -1.17. The van der Waals surface area contributed by atoms with Crippen LogP contribution in [0.25, 0.3) is 6.08 Å². The maximum Gasteiger partial charge on any atom is 0.341 e. The number of hydrogen-bond acceptors (Lipinski definition) is 4. The highest BCUT2D eigenvalue weighted by Crippen LogP contribution is 2.03. The van der Waals surface area contributed by atoms with E-state index >= 15 is 0 Å². The van der Waals surface area contributed by atoms with Gasteiger partial charge in [-0.15, -0.1) is 0 Å². The zero-order valence-corrected chi connectivity index (χ0v) is 11.8. The summed E-state index contributed by atoms with van der Waals surface area (Å²) >= 11 is 0. The second kappa shape index (κ2) is 8.69. The molecule has 4 nitrogen and oxygen atoms in total. The Morgan fingerprint density at radius 2 is 1.95 bits per heavy atom. The number of benzene rings is 1. The van der Waals surface area contributed by atoms with Crippen molar-refractivity contribution < 1.29 is 14.3 Å². The van der Waals surface area contributed by atoms with Crippen molar-refractivity contribution in [1.29, 1.82) is 0 Å². The van der Waals surface area contributed by atoms with Crippen molar-refractivity contribution in [1.82, 2.24) is 5.32 Å². The average Bonchev–Trinajstić information content (AvgIpc) is 2.46. The van der Waals surface area contributed by atoms with Gasteiger partial charge in [-0.25, -0.2) is 9.59 Å². The fourth-order valence-corrected chi connectivity index (χ4v) is 1.53. The van der Waals surface area contributed by atoms with Gasteiger partial charge in [0.25, 0.3) is 0 Å². The monoisotopic (exact) mass is 273 g/mol. The molecular weight excluding hydrogens is 254 g/mol. The second-order valence-corrected chi connectivity index (χ2v) is 4.05. The highest BCUT2D eigenvalue weighted by molar-refractivity contribution is 5.96. The Bertz CT molecular complexity index is 504. The summed E-state index contributed by atoms with van der Waals surface area (Å²) < 4.78 is 4.70. The van der Waals surface area contributed by atoms with E-state index in [1.165, 1.54) is 0 Å². The van der Waals surface area contributed by atoms with Crippen LogP contribution in [0, 0.1) is 0 Å². The molecule has 0 unspecified atom stereocenters. The molecule has 1 aromatic carbocycles. The van der Waals surface area contributed by atoms with E-state index in [9.17, 15) is 9.59 Å². The maximum absolute atomic E-state index is 11.5. The Labute approximate surface area is 119 Å². The Balaban J connectivity index is 2.34. The van der Waals surface area contributed by atoms with Gasteiger partial charge in [0, 0.05) is 5.57 Å². The van der Waals surface area contributed by atoms with E-state index in [1.807, 2.05) is 43.3 Å². The zero-order chi connectivity index (χ0) is 14.8. The van der Waals surface area contributed by atoms with Gasteiger partial charge in [-0.3, -0.25) is 0 Å². The van der Waals surface area contributed by atoms with Crippen LogP contribution in [0.15, 0.2) is 48.2 Å². The lowest BCUT2D eigenvalue weighted by Gasteiger charge is -2.04. The van der Waals surface area contributed by atoms with Crippen LogP contribution in [-0.2, 0) is 14.3 Å². The van der Waals surface area contributed by atoms with Crippen molar-refractivity contribution in [2.45, 2.75) is 20.3 Å². The summed E-state index contributed by atoms with van der Waals surface area (Å²) in [5, 5.41) is 2.79. The Morgan fingerprint density at radius 3 is 2.55 bits per heavy atom. The van der Waals surface area contributed by atoms with Crippen molar-refractivity contribution in [3.05, 3.63) is 53.7 Å². The molecule has 20 heavy (non-hydrogen) atoms. The predicted molar refractivity (Wildman–Crippen MR) is 78.6 cm³/mol. The van der Waals surface area contributed by atoms with Crippen molar-refractivity contribution in [3.8, 4) is 0 Å². The lowest BCUT2D eigenvalue weighted by Crippen LogP contribution is -2.23. The quantitative estimate of drug-likeness (QED) is 0.492. The van der Waals surface area contributed by atoms with Gasteiger partial charge in [0.1, 0.15) is 6.54 Å². The molecule has 0 saturated carbocycles. The van der Waals surface area contributed by atoms with E-state index in [0.717, 1.165) is 5.56 Å². The molecule has 1 N–H and O–H groups in total. The highest BCUT2D eigenvalue weighted by Gasteiger charge is 2.12. The first-order valence-electron chi connectivity index (χ1n) is 6.52. The molecule has 0 atom stereocenters. The predicted octanol–water partition coefficient (Wildman–Crippen LogP) is 2.67. The number of allylic oxidation sites excluding steroid dienone is 1. The van der Waals surface area contributed by atoms with Crippen molar-refractivity contribution in [3.63, 3.8) is 0 Å². The number of nitrogens with one attached hydrogen (secondary N) is 1. The summed E-state index contributed by atoms with van der Waals surface area (Å²) in [6.45, 7) is 3.53. The smallest absolute Gasteiger partial charge is 0.341 e. The largest absolute Gasteiger partial charge is 0.388 e. The number of rotatable bonds is 6. The molecule has 1 aromatic rings. The fraction of sp³-hybridized carbons (Fsp3) is 0.250. The van der Waals surface area contributed by atoms with Crippen LogP contribution < -0.4 is 5.32 Å². The van der Waals surface area contributed by atoms with Gasteiger partial charge < -0.3 is 10.1 Å². The molecule has 0 radical (unpaired) electrons. The van der Waals surface area contributed by atoms with Crippen molar-refractivity contribution >= 4 is 18.0 Å². The van der Waals surface area contributed by atoms with Crippen molar-refractivity contribution in [2.24, 2.45) is 0 Å². The summed E-state index contributed by atoms with van der Waals surface area (Å²) in [5.41, 5.74) is 1.52. The number of esters is 2. The molecule has 0 aromatic heterocycles. The second-order valence-electron chi connectivity index (χ2n) is 4.05. The number of carbonyl (C=O) groups is 2. The maximum atomic E-state index is 11.5. The molecule has 4 heteroatoms. The molecular formula is C16H19NO3. The third-order valence-corrected chi connectivity index (χ3v) is 2.64. The normalized spacial score (nSPS) is 11.4. The van der Waals surface area contributed by atoms with Gasteiger partial charge in [-0.1, -0.05) is 43.3 Å². The first-order chi connectivity index (χ1) is 9.67. The molecule has 1 rings (SSSR count). The third-order valence-electron chi connectivity index (χ3n) is 2.64. The molecule has 0 aliphatic rings. The summed E-state index contributed by atoms with van der Waals surface area (Å²) in [6, 6.07) is 9.67. The molecule has 0 heterocycles. The number of carbonyl (C=O) groups excluding carboxylic acids is 2. The first-order valence-corrected chi connectivity index (χ1v) is 6.52. The van der Waals surface area contributed by atoms with Gasteiger partial charge >= 0.3 is 11.9 Å². The van der Waals surface area contributed by atoms with Crippen LogP contribution in [0.1, 0.15) is 25.8 Å². The van der Waals surface area contributed by atoms with E-state index in [-0.39, 0.29) is 6.54 Å². The molecule has 0 saturated heterocycles. The van der Waals surface area contributed by atoms with E-state index in [1.54, 1.807) is 19.2 Å². The molecule has 0 fully saturated rings. The van der Waals surface area contributed by atoms with Gasteiger partial charge in [-0.05, 0) is 31.2 Å². The van der Waals surface area contributed by atoms with E-state index in [4.69, 9.17) is 4.74 Å². The number of hydrogen-bond donors (Lipinski definition) is 1. The van der Waals surface area contributed by atoms with E-state index < -0.39 is 11.9 Å². The molecule has 0 amide bonds. The fourth-order valence-electron chi connectivity index (χ4n) is 1.53. The van der Waals surface area contributed by atoms with Crippen LogP contribution in [0.4, 0.5) is 0 Å².